The molecular weight excluding hydrogens is 144 g/mol. The molecule has 0 heterocycles. The van der Waals surface area contributed by atoms with E-state index in [9.17, 15) is 0 Å². The van der Waals surface area contributed by atoms with Gasteiger partial charge in [-0.05, 0) is 0 Å². The van der Waals surface area contributed by atoms with Crippen LogP contribution in [0.3, 0.4) is 0 Å². The Hall–Kier alpha value is -0.630. The van der Waals surface area contributed by atoms with Crippen LogP contribution in [0.5, 0.6) is 5.75 Å². The van der Waals surface area contributed by atoms with E-state index in [2.05, 4.69) is 23.1 Å². The predicted octanol–water partition coefficient (Wildman–Crippen LogP) is 1.36. The van der Waals surface area contributed by atoms with Crippen LogP contribution in [0.2, 0.25) is 0 Å². The SMILES string of the molecule is C[OH+]c1ccc([SH+]C)cc1. The van der Waals surface area contributed by atoms with Crippen LogP contribution in [0.25, 0.3) is 0 Å². The van der Waals surface area contributed by atoms with E-state index in [0.717, 1.165) is 5.75 Å². The molecule has 0 bridgehead atoms. The number of rotatable bonds is 2. The third-order valence-electron chi connectivity index (χ3n) is 1.37. The Morgan fingerprint density at radius 3 is 2.20 bits per heavy atom. The van der Waals surface area contributed by atoms with Gasteiger partial charge in [0.1, 0.15) is 6.26 Å². The summed E-state index contributed by atoms with van der Waals surface area (Å²) < 4.78 is 4.04. The maximum atomic E-state index is 4.04. The molecule has 0 unspecified atom stereocenters. The molecule has 54 valence electrons. The molecule has 1 nitrogen and oxygen atoms in total. The molecule has 0 fully saturated rings. The quantitative estimate of drug-likeness (QED) is 0.453. The largest absolute Gasteiger partial charge is 0.585 e. The zero-order chi connectivity index (χ0) is 7.40. The molecule has 10 heavy (non-hydrogen) atoms. The first-order valence-corrected chi connectivity index (χ1v) is 4.50. The molecule has 0 aliphatic carbocycles. The summed E-state index contributed by atoms with van der Waals surface area (Å²) in [6.07, 6.45) is 2.12. The number of thiol groups is 1. The fourth-order valence-electron chi connectivity index (χ4n) is 0.751. The maximum absolute atomic E-state index is 4.04. The molecule has 0 aromatic heterocycles. The lowest BCUT2D eigenvalue weighted by atomic mass is 10.3. The fourth-order valence-corrected chi connectivity index (χ4v) is 1.20. The summed E-state index contributed by atoms with van der Waals surface area (Å²) in [5, 5.41) is 0. The summed E-state index contributed by atoms with van der Waals surface area (Å²) in [7, 11) is 1.80. The van der Waals surface area contributed by atoms with Gasteiger partial charge in [0.15, 0.2) is 12.0 Å². The zero-order valence-electron chi connectivity index (χ0n) is 6.20. The van der Waals surface area contributed by atoms with Crippen molar-refractivity contribution in [2.24, 2.45) is 0 Å². The number of aliphatic hydroxyl groups is 1. The van der Waals surface area contributed by atoms with Crippen LogP contribution in [0, 0.1) is 0 Å². The van der Waals surface area contributed by atoms with Crippen LogP contribution in [0.15, 0.2) is 29.2 Å². The van der Waals surface area contributed by atoms with Gasteiger partial charge >= 0.3 is 0 Å². The van der Waals surface area contributed by atoms with Crippen molar-refractivity contribution in [3.63, 3.8) is 0 Å². The van der Waals surface area contributed by atoms with Crippen LogP contribution in [0.4, 0.5) is 0 Å². The van der Waals surface area contributed by atoms with Gasteiger partial charge in [0.2, 0.25) is 0 Å². The molecule has 2 heteroatoms. The second-order valence-electron chi connectivity index (χ2n) is 1.96. The van der Waals surface area contributed by atoms with E-state index in [1.165, 1.54) is 16.7 Å². The van der Waals surface area contributed by atoms with Crippen molar-refractivity contribution >= 4 is 11.8 Å². The minimum Gasteiger partial charge on any atom is -0.585 e. The molecule has 0 atom stereocenters. The Bertz CT molecular complexity index is 170. The highest BCUT2D eigenvalue weighted by Crippen LogP contribution is 2.12. The van der Waals surface area contributed by atoms with E-state index in [-0.39, 0.29) is 0 Å². The Kier molecular flexibility index (Phi) is 2.63. The number of aromatic hydroxyl groups is 1. The third-order valence-corrected chi connectivity index (χ3v) is 2.18. The van der Waals surface area contributed by atoms with E-state index in [1.54, 1.807) is 7.11 Å². The Morgan fingerprint density at radius 2 is 1.80 bits per heavy atom. The molecule has 0 radical (unpaired) electrons. The summed E-state index contributed by atoms with van der Waals surface area (Å²) in [6.45, 7) is 0. The number of hydrogen-bond acceptors (Lipinski definition) is 0. The molecule has 1 rings (SSSR count). The molecule has 1 N–H and O–H groups in total. The monoisotopic (exact) mass is 156 g/mol. The zero-order valence-corrected chi connectivity index (χ0v) is 7.10. The van der Waals surface area contributed by atoms with Crippen molar-refractivity contribution in [1.82, 2.24) is 0 Å². The van der Waals surface area contributed by atoms with Crippen molar-refractivity contribution in [2.75, 3.05) is 13.4 Å². The van der Waals surface area contributed by atoms with Gasteiger partial charge in [-0.1, -0.05) is 0 Å². The first-order valence-electron chi connectivity index (χ1n) is 3.16. The van der Waals surface area contributed by atoms with Gasteiger partial charge in [-0.3, -0.25) is 0 Å². The smallest absolute Gasteiger partial charge is 0.254 e. The van der Waals surface area contributed by atoms with Crippen molar-refractivity contribution < 1.29 is 4.74 Å². The van der Waals surface area contributed by atoms with Crippen LogP contribution in [-0.2, 0) is 11.8 Å². The van der Waals surface area contributed by atoms with Gasteiger partial charge in [-0.2, -0.15) is 0 Å². The topological polar surface area (TPSA) is 12.8 Å². The third kappa shape index (κ3) is 1.67. The lowest BCUT2D eigenvalue weighted by Gasteiger charge is -1.93. The standard InChI is InChI=1S/C8H10OS/c1-9-7-3-5-8(10-2)6-4-7/h3-6H,1-2H3/p+2. The van der Waals surface area contributed by atoms with Crippen molar-refractivity contribution in [3.05, 3.63) is 24.3 Å². The summed E-state index contributed by atoms with van der Waals surface area (Å²) in [6, 6.07) is 8.27. The molecule has 0 amide bonds. The summed E-state index contributed by atoms with van der Waals surface area (Å²) in [5.74, 6) is 1.05. The van der Waals surface area contributed by atoms with Crippen molar-refractivity contribution in [2.45, 2.75) is 4.90 Å². The summed E-state index contributed by atoms with van der Waals surface area (Å²) >= 11 is 1.32. The van der Waals surface area contributed by atoms with Crippen LogP contribution in [-0.4, -0.2) is 18.1 Å². The molecule has 0 saturated carbocycles. The highest BCUT2D eigenvalue weighted by atomic mass is 32.2. The Balaban J connectivity index is 2.80. The molecule has 0 spiro atoms. The molecule has 1 aromatic rings. The molecule has 0 aliphatic heterocycles. The maximum Gasteiger partial charge on any atom is 0.254 e. The van der Waals surface area contributed by atoms with Crippen LogP contribution < -0.4 is 0 Å². The van der Waals surface area contributed by atoms with Gasteiger partial charge in [-0.25, -0.2) is 0 Å². The van der Waals surface area contributed by atoms with Crippen LogP contribution in [0.1, 0.15) is 0 Å². The average molecular weight is 156 g/mol. The lowest BCUT2D eigenvalue weighted by Crippen LogP contribution is -1.80. The Morgan fingerprint density at radius 1 is 1.20 bits per heavy atom. The summed E-state index contributed by atoms with van der Waals surface area (Å²) in [4.78, 5) is 1.34. The average Bonchev–Trinajstić information content (AvgIpc) is 2.05. The molecular formula is C8H12OS+2. The summed E-state index contributed by atoms with van der Waals surface area (Å²) in [5.41, 5.74) is 0. The van der Waals surface area contributed by atoms with Gasteiger partial charge < -0.3 is 4.74 Å². The first-order chi connectivity index (χ1) is 4.86. The number of hydrogen-bond donors (Lipinski definition) is 0. The number of ether oxygens (including phenoxy) is 1. The van der Waals surface area contributed by atoms with Crippen LogP contribution >= 0.6 is 0 Å². The van der Waals surface area contributed by atoms with E-state index in [4.69, 9.17) is 0 Å². The second kappa shape index (κ2) is 3.52. The second-order valence-corrected chi connectivity index (χ2v) is 2.93. The van der Waals surface area contributed by atoms with Crippen molar-refractivity contribution in [1.29, 1.82) is 0 Å². The van der Waals surface area contributed by atoms with Gasteiger partial charge in [-0.15, -0.1) is 0 Å². The van der Waals surface area contributed by atoms with E-state index in [0.29, 0.717) is 0 Å². The lowest BCUT2D eigenvalue weighted by molar-refractivity contribution is 0.136. The van der Waals surface area contributed by atoms with Crippen molar-refractivity contribution in [3.8, 4) is 5.75 Å². The minimum absolute atomic E-state index is 1.05. The molecule has 1 aromatic carbocycles. The number of benzene rings is 1. The normalized spacial score (nSPS) is 9.40. The molecule has 0 aliphatic rings. The highest BCUT2D eigenvalue weighted by molar-refractivity contribution is 7.77. The molecule has 0 saturated heterocycles. The van der Waals surface area contributed by atoms with E-state index < -0.39 is 0 Å². The fraction of sp³-hybridized carbons (Fsp3) is 0.250. The minimum atomic E-state index is 1.05. The van der Waals surface area contributed by atoms with Gasteiger partial charge in [0.05, 0.1) is 0 Å². The van der Waals surface area contributed by atoms with Gasteiger partial charge in [0.25, 0.3) is 5.75 Å². The first kappa shape index (κ1) is 7.48. The highest BCUT2D eigenvalue weighted by Gasteiger charge is 1.98. The predicted molar refractivity (Wildman–Crippen MR) is 47.0 cm³/mol. The van der Waals surface area contributed by atoms with Gasteiger partial charge in [0, 0.05) is 36.0 Å². The van der Waals surface area contributed by atoms with E-state index >= 15 is 0 Å². The Labute approximate surface area is 65.4 Å². The van der Waals surface area contributed by atoms with E-state index in [1.807, 2.05) is 12.1 Å².